The number of esters is 1. The number of methoxy groups -OCH3 is 1. The average Bonchev–Trinajstić information content (AvgIpc) is 2.60. The molecule has 0 radical (unpaired) electrons. The molecule has 0 fully saturated rings. The predicted molar refractivity (Wildman–Crippen MR) is 96.0 cm³/mol. The summed E-state index contributed by atoms with van der Waals surface area (Å²) in [6, 6.07) is 8.60. The summed E-state index contributed by atoms with van der Waals surface area (Å²) in [5.41, 5.74) is 0.155. The molecule has 7 heteroatoms. The van der Waals surface area contributed by atoms with E-state index < -0.39 is 18.2 Å². The van der Waals surface area contributed by atoms with Crippen molar-refractivity contribution in [2.45, 2.75) is 26.1 Å². The Balaban J connectivity index is 2.17. The Hall–Kier alpha value is -1.51. The van der Waals surface area contributed by atoms with Gasteiger partial charge >= 0.3 is 5.97 Å². The average molecular weight is 370 g/mol. The molecule has 0 aliphatic heterocycles. The van der Waals surface area contributed by atoms with Crippen LogP contribution in [0.15, 0.2) is 30.3 Å². The van der Waals surface area contributed by atoms with E-state index >= 15 is 0 Å². The minimum atomic E-state index is -0.900. The number of carbonyl (C=O) groups is 1. The fourth-order valence-corrected chi connectivity index (χ4v) is 2.10. The van der Waals surface area contributed by atoms with Gasteiger partial charge in [-0.15, -0.1) is 0 Å². The lowest BCUT2D eigenvalue weighted by atomic mass is 9.96. The highest BCUT2D eigenvalue weighted by atomic mass is 16.5. The summed E-state index contributed by atoms with van der Waals surface area (Å²) in [5, 5.41) is 19.4. The smallest absolute Gasteiger partial charge is 0.338 e. The van der Waals surface area contributed by atoms with Gasteiger partial charge in [-0.2, -0.15) is 0 Å². The van der Waals surface area contributed by atoms with Gasteiger partial charge in [0.05, 0.1) is 38.6 Å². The third kappa shape index (κ3) is 9.84. The molecule has 7 nitrogen and oxygen atoms in total. The highest BCUT2D eigenvalue weighted by Crippen LogP contribution is 2.16. The topological polar surface area (TPSA) is 94.5 Å². The van der Waals surface area contributed by atoms with Gasteiger partial charge in [-0.25, -0.2) is 4.79 Å². The van der Waals surface area contributed by atoms with Crippen LogP contribution in [0, 0.1) is 5.41 Å². The second-order valence-corrected chi connectivity index (χ2v) is 6.92. The molecule has 0 heterocycles. The molecule has 2 atom stereocenters. The third-order valence-electron chi connectivity index (χ3n) is 3.38. The summed E-state index contributed by atoms with van der Waals surface area (Å²) in [6.45, 7) is 5.00. The zero-order valence-electron chi connectivity index (χ0n) is 15.7. The van der Waals surface area contributed by atoms with Gasteiger partial charge in [0.2, 0.25) is 0 Å². The van der Waals surface area contributed by atoms with Crippen molar-refractivity contribution in [3.63, 3.8) is 0 Å². The third-order valence-corrected chi connectivity index (χ3v) is 3.38. The van der Waals surface area contributed by atoms with Gasteiger partial charge in [0.15, 0.2) is 0 Å². The number of hydrogen-bond acceptors (Lipinski definition) is 7. The van der Waals surface area contributed by atoms with Gasteiger partial charge in [0.1, 0.15) is 18.8 Å². The van der Waals surface area contributed by atoms with E-state index in [2.05, 4.69) is 0 Å². The van der Waals surface area contributed by atoms with Crippen molar-refractivity contribution in [2.24, 2.45) is 5.41 Å². The standard InChI is InChI=1S/C19H30O7/c1-19(2,13-24-10-16(20)9-23-3)14-25-11-17(21)12-26-18(22)15-7-5-4-6-8-15/h4-8,16-17,20-21H,9-14H2,1-3H3. The Morgan fingerprint density at radius 2 is 1.50 bits per heavy atom. The number of ether oxygens (including phenoxy) is 4. The highest BCUT2D eigenvalue weighted by Gasteiger charge is 2.20. The summed E-state index contributed by atoms with van der Waals surface area (Å²) in [4.78, 5) is 11.8. The summed E-state index contributed by atoms with van der Waals surface area (Å²) >= 11 is 0. The van der Waals surface area contributed by atoms with Crippen molar-refractivity contribution in [2.75, 3.05) is 46.8 Å². The Kier molecular flexibility index (Phi) is 10.4. The van der Waals surface area contributed by atoms with Gasteiger partial charge in [-0.05, 0) is 12.1 Å². The SMILES string of the molecule is COCC(O)COCC(C)(C)COCC(O)COC(=O)c1ccccc1. The van der Waals surface area contributed by atoms with E-state index in [4.69, 9.17) is 18.9 Å². The summed E-state index contributed by atoms with van der Waals surface area (Å²) in [5.74, 6) is -0.479. The van der Waals surface area contributed by atoms with Gasteiger partial charge in [0.25, 0.3) is 0 Å². The molecule has 1 aromatic rings. The number of aliphatic hydroxyl groups excluding tert-OH is 2. The molecule has 0 amide bonds. The van der Waals surface area contributed by atoms with Crippen LogP contribution in [0.5, 0.6) is 0 Å². The van der Waals surface area contributed by atoms with E-state index in [1.54, 1.807) is 24.3 Å². The van der Waals surface area contributed by atoms with Crippen LogP contribution in [-0.4, -0.2) is 75.1 Å². The lowest BCUT2D eigenvalue weighted by Gasteiger charge is -2.25. The van der Waals surface area contributed by atoms with Gasteiger partial charge < -0.3 is 29.2 Å². The lowest BCUT2D eigenvalue weighted by Crippen LogP contribution is -2.31. The van der Waals surface area contributed by atoms with Crippen LogP contribution < -0.4 is 0 Å². The zero-order chi connectivity index (χ0) is 19.4. The number of carbonyl (C=O) groups excluding carboxylic acids is 1. The number of benzene rings is 1. The molecule has 0 spiro atoms. The first kappa shape index (κ1) is 22.5. The van der Waals surface area contributed by atoms with E-state index in [1.165, 1.54) is 7.11 Å². The summed E-state index contributed by atoms with van der Waals surface area (Å²) in [7, 11) is 1.52. The van der Waals surface area contributed by atoms with E-state index in [0.717, 1.165) is 0 Å². The molecular formula is C19H30O7. The minimum absolute atomic E-state index is 0.0534. The van der Waals surface area contributed by atoms with Crippen LogP contribution in [0.25, 0.3) is 0 Å². The van der Waals surface area contributed by atoms with Crippen molar-refractivity contribution >= 4 is 5.97 Å². The molecule has 2 N–H and O–H groups in total. The Bertz CT molecular complexity index is 504. The number of aliphatic hydroxyl groups is 2. The molecule has 2 unspecified atom stereocenters. The molecule has 0 bridgehead atoms. The normalized spacial score (nSPS) is 14.0. The molecule has 1 aromatic carbocycles. The lowest BCUT2D eigenvalue weighted by molar-refractivity contribution is -0.0621. The molecular weight excluding hydrogens is 340 g/mol. The number of hydrogen-bond donors (Lipinski definition) is 2. The molecule has 0 saturated carbocycles. The maximum Gasteiger partial charge on any atom is 0.338 e. The van der Waals surface area contributed by atoms with Crippen LogP contribution in [0.1, 0.15) is 24.2 Å². The van der Waals surface area contributed by atoms with Crippen molar-refractivity contribution in [3.05, 3.63) is 35.9 Å². The van der Waals surface area contributed by atoms with Crippen molar-refractivity contribution in [3.8, 4) is 0 Å². The van der Waals surface area contributed by atoms with Crippen LogP contribution in [-0.2, 0) is 18.9 Å². The fraction of sp³-hybridized carbons (Fsp3) is 0.632. The van der Waals surface area contributed by atoms with E-state index in [9.17, 15) is 15.0 Å². The molecule has 148 valence electrons. The molecule has 0 aromatic heterocycles. The fourth-order valence-electron chi connectivity index (χ4n) is 2.10. The van der Waals surface area contributed by atoms with Crippen LogP contribution in [0.3, 0.4) is 0 Å². The number of rotatable bonds is 13. The first-order valence-corrected chi connectivity index (χ1v) is 8.57. The van der Waals surface area contributed by atoms with Crippen molar-refractivity contribution in [1.29, 1.82) is 0 Å². The van der Waals surface area contributed by atoms with Gasteiger partial charge in [-0.1, -0.05) is 32.0 Å². The molecule has 26 heavy (non-hydrogen) atoms. The highest BCUT2D eigenvalue weighted by molar-refractivity contribution is 5.89. The molecule has 0 aliphatic rings. The molecule has 0 aliphatic carbocycles. The zero-order valence-corrected chi connectivity index (χ0v) is 15.7. The summed E-state index contributed by atoms with van der Waals surface area (Å²) in [6.07, 6.45) is -1.55. The predicted octanol–water partition coefficient (Wildman–Crippen LogP) is 1.27. The van der Waals surface area contributed by atoms with Crippen molar-refractivity contribution < 1.29 is 34.0 Å². The maximum absolute atomic E-state index is 11.8. The van der Waals surface area contributed by atoms with Crippen LogP contribution >= 0.6 is 0 Å². The molecule has 1 rings (SSSR count). The van der Waals surface area contributed by atoms with Gasteiger partial charge in [0, 0.05) is 12.5 Å². The summed E-state index contributed by atoms with van der Waals surface area (Å²) < 4.78 is 20.8. The van der Waals surface area contributed by atoms with Crippen molar-refractivity contribution in [1.82, 2.24) is 0 Å². The monoisotopic (exact) mass is 370 g/mol. The Labute approximate surface area is 154 Å². The van der Waals surface area contributed by atoms with E-state index in [0.29, 0.717) is 18.8 Å². The van der Waals surface area contributed by atoms with Crippen LogP contribution in [0.4, 0.5) is 0 Å². The first-order chi connectivity index (χ1) is 12.3. The Morgan fingerprint density at radius 1 is 0.962 bits per heavy atom. The first-order valence-electron chi connectivity index (χ1n) is 8.57. The second-order valence-electron chi connectivity index (χ2n) is 6.92. The van der Waals surface area contributed by atoms with E-state index in [-0.39, 0.29) is 31.8 Å². The van der Waals surface area contributed by atoms with Gasteiger partial charge in [-0.3, -0.25) is 0 Å². The minimum Gasteiger partial charge on any atom is -0.459 e. The molecule has 0 saturated heterocycles. The second kappa shape index (κ2) is 12.0. The Morgan fingerprint density at radius 3 is 2.04 bits per heavy atom. The maximum atomic E-state index is 11.8. The quantitative estimate of drug-likeness (QED) is 0.505. The van der Waals surface area contributed by atoms with Crippen LogP contribution in [0.2, 0.25) is 0 Å². The van der Waals surface area contributed by atoms with E-state index in [1.807, 2.05) is 19.9 Å². The largest absolute Gasteiger partial charge is 0.459 e.